The van der Waals surface area contributed by atoms with E-state index in [2.05, 4.69) is 58.2 Å². The molecule has 4 aromatic heterocycles. The third-order valence-corrected chi connectivity index (χ3v) is 8.63. The first-order valence-electron chi connectivity index (χ1n) is 14.6. The topological polar surface area (TPSA) is 128 Å². The molecule has 5 heterocycles. The average molecular weight is 594 g/mol. The minimum absolute atomic E-state index is 0.246. The summed E-state index contributed by atoms with van der Waals surface area (Å²) in [7, 11) is 2.80. The number of esters is 2. The zero-order chi connectivity index (χ0) is 31.7. The number of nitrogens with one attached hydrogen (secondary N) is 4. The van der Waals surface area contributed by atoms with E-state index in [1.165, 1.54) is 14.2 Å². The maximum Gasteiger partial charge on any atom is 0.305 e. The second-order valence-corrected chi connectivity index (χ2v) is 11.1. The number of methoxy groups -OCH3 is 2. The lowest BCUT2D eigenvalue weighted by molar-refractivity contribution is -0.141. The van der Waals surface area contributed by atoms with Gasteiger partial charge in [-0.15, -0.1) is 0 Å². The molecule has 0 aromatic carbocycles. The standard InChI is InChI=1S/C35H39N5O4/c1-9-22-21(6)34-39-29(22)16-27-20(5)25(12-14-33(42)44-8)31(37-27)17-30-24(11-13-32(41)43-7)19(4)26(36-30)15-28-18(3)23(10-2)35(38-28)40-34/h9-10,15-17,36-37H,1-2,11-14H2,3-8H3,(H2,38,39,40). The first-order chi connectivity index (χ1) is 21.1. The van der Waals surface area contributed by atoms with Crippen molar-refractivity contribution >= 4 is 48.1 Å². The number of aromatic nitrogens is 4. The Morgan fingerprint density at radius 1 is 0.682 bits per heavy atom. The van der Waals surface area contributed by atoms with E-state index in [0.717, 1.165) is 83.5 Å². The number of carbonyl (C=O) groups is 2. The Kier molecular flexibility index (Phi) is 8.49. The molecule has 1 aliphatic rings. The number of fused-ring (bicyclic) bond motifs is 8. The van der Waals surface area contributed by atoms with Crippen LogP contribution >= 0.6 is 0 Å². The molecule has 4 N–H and O–H groups in total. The van der Waals surface area contributed by atoms with Gasteiger partial charge in [0, 0.05) is 62.7 Å². The molecular formula is C35H39N5O4. The largest absolute Gasteiger partial charge is 0.469 e. The fourth-order valence-electron chi connectivity index (χ4n) is 5.94. The maximum atomic E-state index is 12.2. The van der Waals surface area contributed by atoms with E-state index in [-0.39, 0.29) is 24.8 Å². The molecule has 0 aliphatic carbocycles. The summed E-state index contributed by atoms with van der Waals surface area (Å²) in [6.45, 7) is 16.3. The average Bonchev–Trinajstić information content (AvgIpc) is 3.67. The Bertz CT molecular complexity index is 2060. The van der Waals surface area contributed by atoms with Crippen LogP contribution in [0.25, 0.3) is 30.4 Å². The number of nitrogens with zero attached hydrogens (tertiary/aromatic N) is 1. The van der Waals surface area contributed by atoms with Crippen molar-refractivity contribution in [2.75, 3.05) is 14.2 Å². The zero-order valence-corrected chi connectivity index (χ0v) is 26.2. The highest BCUT2D eigenvalue weighted by atomic mass is 16.5. The van der Waals surface area contributed by atoms with Gasteiger partial charge in [0.25, 0.3) is 0 Å². The van der Waals surface area contributed by atoms with Crippen LogP contribution in [0.5, 0.6) is 0 Å². The number of hydrogen-bond donors (Lipinski definition) is 4. The first kappa shape index (κ1) is 30.4. The molecule has 0 radical (unpaired) electrons. The van der Waals surface area contributed by atoms with E-state index >= 15 is 0 Å². The molecule has 1 aliphatic heterocycles. The van der Waals surface area contributed by atoms with Crippen LogP contribution < -0.4 is 21.5 Å². The number of ether oxygens (including phenoxy) is 2. The maximum absolute atomic E-state index is 12.2. The fraction of sp³-hybridized carbons (Fsp3) is 0.286. The van der Waals surface area contributed by atoms with Crippen molar-refractivity contribution in [2.24, 2.45) is 4.99 Å². The summed E-state index contributed by atoms with van der Waals surface area (Å²) in [5, 5.41) is 2.67. The van der Waals surface area contributed by atoms with Gasteiger partial charge < -0.3 is 29.4 Å². The molecule has 4 aromatic rings. The van der Waals surface area contributed by atoms with Crippen molar-refractivity contribution < 1.29 is 19.1 Å². The van der Waals surface area contributed by atoms with Gasteiger partial charge in [-0.3, -0.25) is 9.59 Å². The van der Waals surface area contributed by atoms with E-state index in [0.29, 0.717) is 18.3 Å². The van der Waals surface area contributed by atoms with E-state index < -0.39 is 0 Å². The summed E-state index contributed by atoms with van der Waals surface area (Å²) in [5.74, 6) is 0.179. The van der Waals surface area contributed by atoms with Crippen molar-refractivity contribution in [1.82, 2.24) is 19.9 Å². The summed E-state index contributed by atoms with van der Waals surface area (Å²) in [6.07, 6.45) is 11.3. The van der Waals surface area contributed by atoms with Crippen LogP contribution in [0.3, 0.4) is 0 Å². The summed E-state index contributed by atoms with van der Waals surface area (Å²) in [5.41, 5.74) is 11.3. The molecule has 0 fully saturated rings. The molecule has 0 spiro atoms. The normalized spacial score (nSPS) is 12.0. The van der Waals surface area contributed by atoms with Crippen LogP contribution in [-0.4, -0.2) is 46.1 Å². The zero-order valence-electron chi connectivity index (χ0n) is 26.2. The quantitative estimate of drug-likeness (QED) is 0.206. The molecule has 0 unspecified atom stereocenters. The molecule has 9 nitrogen and oxygen atoms in total. The third kappa shape index (κ3) is 5.53. The predicted octanol–water partition coefficient (Wildman–Crippen LogP) is 3.48. The molecule has 0 saturated heterocycles. The second-order valence-electron chi connectivity index (χ2n) is 11.1. The number of rotatable bonds is 8. The van der Waals surface area contributed by atoms with Gasteiger partial charge in [0.05, 0.1) is 14.2 Å². The van der Waals surface area contributed by atoms with Crippen LogP contribution in [0.15, 0.2) is 18.2 Å². The molecule has 0 atom stereocenters. The second kappa shape index (κ2) is 12.3. The minimum Gasteiger partial charge on any atom is -0.469 e. The van der Waals surface area contributed by atoms with Crippen LogP contribution in [-0.2, 0) is 31.9 Å². The lowest BCUT2D eigenvalue weighted by atomic mass is 10.0. The summed E-state index contributed by atoms with van der Waals surface area (Å²) >= 11 is 0. The van der Waals surface area contributed by atoms with E-state index in [4.69, 9.17) is 14.5 Å². The highest BCUT2D eigenvalue weighted by molar-refractivity contribution is 5.73. The van der Waals surface area contributed by atoms with Gasteiger partial charge in [0.1, 0.15) is 11.3 Å². The van der Waals surface area contributed by atoms with Crippen molar-refractivity contribution in [2.45, 2.75) is 53.4 Å². The molecule has 9 heteroatoms. The van der Waals surface area contributed by atoms with Crippen LogP contribution in [0.1, 0.15) is 74.4 Å². The number of carbonyl (C=O) groups excluding carboxylic acids is 2. The van der Waals surface area contributed by atoms with Gasteiger partial charge in [0.15, 0.2) is 0 Å². The van der Waals surface area contributed by atoms with Gasteiger partial charge in [-0.2, -0.15) is 0 Å². The van der Waals surface area contributed by atoms with Crippen molar-refractivity contribution in [3.63, 3.8) is 0 Å². The molecule has 44 heavy (non-hydrogen) atoms. The number of hydrogen-bond acceptors (Lipinski definition) is 5. The molecule has 0 saturated carbocycles. The Balaban J connectivity index is 1.89. The van der Waals surface area contributed by atoms with Gasteiger partial charge in [-0.25, -0.2) is 4.99 Å². The Morgan fingerprint density at radius 2 is 1.27 bits per heavy atom. The molecule has 5 rings (SSSR count). The van der Waals surface area contributed by atoms with Crippen molar-refractivity contribution in [3.8, 4) is 0 Å². The van der Waals surface area contributed by atoms with Gasteiger partial charge >= 0.3 is 11.9 Å². The summed E-state index contributed by atoms with van der Waals surface area (Å²) in [4.78, 5) is 43.5. The van der Waals surface area contributed by atoms with Gasteiger partial charge in [-0.1, -0.05) is 25.3 Å². The summed E-state index contributed by atoms with van der Waals surface area (Å²) in [6, 6.07) is 0. The van der Waals surface area contributed by atoms with Crippen molar-refractivity contribution in [1.29, 1.82) is 0 Å². The number of H-pyrrole nitrogens is 4. The number of aromatic amines is 4. The molecule has 0 amide bonds. The monoisotopic (exact) mass is 593 g/mol. The van der Waals surface area contributed by atoms with Crippen molar-refractivity contribution in [3.05, 3.63) is 96.3 Å². The molecule has 8 bridgehead atoms. The van der Waals surface area contributed by atoms with Crippen LogP contribution in [0.2, 0.25) is 0 Å². The van der Waals surface area contributed by atoms with E-state index in [1.807, 2.05) is 32.9 Å². The van der Waals surface area contributed by atoms with E-state index in [9.17, 15) is 9.59 Å². The SMILES string of the molecule is C=Cc1c2[nH]c(c1C)N=c1[nH]c(c(C)c1C=C)=Cc1[nH]c(c(CCC(=O)OC)c1C)C=c1[nH]c(c(C)c1CCC(=O)OC)=C2. The van der Waals surface area contributed by atoms with Gasteiger partial charge in [0.2, 0.25) is 0 Å². The van der Waals surface area contributed by atoms with Crippen LogP contribution in [0, 0.1) is 27.7 Å². The smallest absolute Gasteiger partial charge is 0.305 e. The lowest BCUT2D eigenvalue weighted by Crippen LogP contribution is -2.14. The highest BCUT2D eigenvalue weighted by Gasteiger charge is 2.18. The first-order valence-corrected chi connectivity index (χ1v) is 14.6. The molecular weight excluding hydrogens is 554 g/mol. The molecule has 228 valence electrons. The predicted molar refractivity (Wildman–Crippen MR) is 173 cm³/mol. The minimum atomic E-state index is -0.272. The third-order valence-electron chi connectivity index (χ3n) is 8.63. The van der Waals surface area contributed by atoms with Gasteiger partial charge in [-0.05, 0) is 86.6 Å². The fourth-order valence-corrected chi connectivity index (χ4v) is 5.94. The van der Waals surface area contributed by atoms with E-state index in [1.54, 1.807) is 0 Å². The Morgan fingerprint density at radius 3 is 1.91 bits per heavy atom. The Hall–Kier alpha value is -5.05. The highest BCUT2D eigenvalue weighted by Crippen LogP contribution is 2.27. The van der Waals surface area contributed by atoms with Crippen LogP contribution in [0.4, 0.5) is 5.82 Å². The summed E-state index contributed by atoms with van der Waals surface area (Å²) < 4.78 is 9.90. The Labute approximate surface area is 255 Å². The lowest BCUT2D eigenvalue weighted by Gasteiger charge is -2.03.